The van der Waals surface area contributed by atoms with E-state index in [1.807, 2.05) is 12.3 Å². The van der Waals surface area contributed by atoms with Gasteiger partial charge in [-0.2, -0.15) is 5.10 Å². The van der Waals surface area contributed by atoms with Crippen LogP contribution in [0.3, 0.4) is 0 Å². The second-order valence-corrected chi connectivity index (χ2v) is 16.2. The van der Waals surface area contributed by atoms with E-state index in [0.29, 0.717) is 19.1 Å². The molecule has 2 atom stereocenters. The molecule has 6 rings (SSSR count). The maximum Gasteiger partial charge on any atom is 0.331 e. The fourth-order valence-corrected chi connectivity index (χ4v) is 6.89. The number of aromatic nitrogens is 3. The molecule has 1 amide bonds. The number of thiazole rings is 1. The average Bonchev–Trinajstić information content (AvgIpc) is 3.72. The third-order valence-corrected chi connectivity index (χ3v) is 9.73. The maximum absolute atomic E-state index is 11.4. The summed E-state index contributed by atoms with van der Waals surface area (Å²) in [6.07, 6.45) is 2.59. The number of aryl methyl sites for hydroxylation is 1. The van der Waals surface area contributed by atoms with E-state index in [-0.39, 0.29) is 34.2 Å². The number of rotatable bonds is 2. The maximum atomic E-state index is 11.4. The van der Waals surface area contributed by atoms with Crippen molar-refractivity contribution in [3.05, 3.63) is 75.1 Å². The highest BCUT2D eigenvalue weighted by Crippen LogP contribution is 2.51. The fourth-order valence-electron chi connectivity index (χ4n) is 5.83. The lowest BCUT2D eigenvalue weighted by atomic mass is 9.76. The molecule has 3 aromatic rings. The zero-order valence-corrected chi connectivity index (χ0v) is 29.8. The summed E-state index contributed by atoms with van der Waals surface area (Å²) in [5.74, 6) is 0.305. The van der Waals surface area contributed by atoms with Crippen LogP contribution in [-0.2, 0) is 26.9 Å². The fraction of sp³-hybridized carbons (Fsp3) is 0.556. The van der Waals surface area contributed by atoms with Crippen LogP contribution in [0.1, 0.15) is 125 Å². The molecule has 0 aliphatic carbocycles. The zero-order chi connectivity index (χ0) is 33.5. The van der Waals surface area contributed by atoms with Crippen LogP contribution in [0.2, 0.25) is 0 Å². The van der Waals surface area contributed by atoms with Crippen molar-refractivity contribution in [3.8, 4) is 0 Å². The van der Waals surface area contributed by atoms with Crippen molar-refractivity contribution < 1.29 is 14.3 Å². The number of carbonyl (C=O) groups is 2. The smallest absolute Gasteiger partial charge is 0.331 e. The van der Waals surface area contributed by atoms with Crippen LogP contribution in [-0.4, -0.2) is 39.8 Å². The van der Waals surface area contributed by atoms with E-state index in [4.69, 9.17) is 4.74 Å². The molecule has 9 heteroatoms. The van der Waals surface area contributed by atoms with E-state index in [9.17, 15) is 9.59 Å². The summed E-state index contributed by atoms with van der Waals surface area (Å²) in [5, 5.41) is 8.23. The first-order valence-electron chi connectivity index (χ1n) is 15.9. The number of hydrogen-bond donors (Lipinski definition) is 1. The number of benzene rings is 1. The van der Waals surface area contributed by atoms with Gasteiger partial charge in [-0.05, 0) is 37.0 Å². The van der Waals surface area contributed by atoms with Gasteiger partial charge in [-0.3, -0.25) is 9.48 Å². The molecule has 3 aliphatic rings. The summed E-state index contributed by atoms with van der Waals surface area (Å²) in [7, 11) is 0. The van der Waals surface area contributed by atoms with Gasteiger partial charge >= 0.3 is 5.97 Å². The van der Waals surface area contributed by atoms with Crippen molar-refractivity contribution in [2.75, 3.05) is 18.1 Å². The average molecular weight is 634 g/mol. The number of allylic oxidation sites excluding steroid dienone is 1. The van der Waals surface area contributed by atoms with Crippen LogP contribution in [0, 0.1) is 12.3 Å². The quantitative estimate of drug-likeness (QED) is 0.289. The normalized spacial score (nSPS) is 19.3. The summed E-state index contributed by atoms with van der Waals surface area (Å²) in [4.78, 5) is 30.2. The van der Waals surface area contributed by atoms with Crippen LogP contribution in [0.25, 0.3) is 0 Å². The third-order valence-electron chi connectivity index (χ3n) is 8.21. The molecule has 0 saturated carbocycles. The highest BCUT2D eigenvalue weighted by atomic mass is 32.1. The Hall–Kier alpha value is -3.46. The number of hydrogen-bond acceptors (Lipinski definition) is 7. The van der Waals surface area contributed by atoms with Crippen LogP contribution < -0.4 is 10.2 Å². The van der Waals surface area contributed by atoms with Crippen LogP contribution in [0.15, 0.2) is 42.7 Å². The first kappa shape index (κ1) is 34.4. The van der Waals surface area contributed by atoms with Crippen LogP contribution >= 0.6 is 11.3 Å². The summed E-state index contributed by atoms with van der Waals surface area (Å²) in [6, 6.07) is 8.50. The predicted molar refractivity (Wildman–Crippen MR) is 183 cm³/mol. The number of nitrogens with zero attached hydrogens (tertiary/aromatic N) is 4. The molecule has 0 bridgehead atoms. The first-order chi connectivity index (χ1) is 20.8. The number of cyclic esters (lactones) is 1. The summed E-state index contributed by atoms with van der Waals surface area (Å²) >= 11 is 1.51. The lowest BCUT2D eigenvalue weighted by Crippen LogP contribution is -2.23. The Kier molecular flexibility index (Phi) is 9.74. The van der Waals surface area contributed by atoms with E-state index in [2.05, 4.69) is 121 Å². The number of amides is 1. The Balaban J connectivity index is 0.000000155. The summed E-state index contributed by atoms with van der Waals surface area (Å²) < 4.78 is 6.63. The van der Waals surface area contributed by atoms with Gasteiger partial charge < -0.3 is 15.0 Å². The number of nitrogens with one attached hydrogen (secondary N) is 1. The second-order valence-electron chi connectivity index (χ2n) is 15.2. The van der Waals surface area contributed by atoms with Gasteiger partial charge in [-0.25, -0.2) is 9.78 Å². The highest BCUT2D eigenvalue weighted by Gasteiger charge is 2.39. The molecule has 0 spiro atoms. The largest absolute Gasteiger partial charge is 0.464 e. The Morgan fingerprint density at radius 3 is 2.24 bits per heavy atom. The van der Waals surface area contributed by atoms with Gasteiger partial charge in [0.1, 0.15) is 4.88 Å². The minimum Gasteiger partial charge on any atom is -0.464 e. The summed E-state index contributed by atoms with van der Waals surface area (Å²) in [5.41, 5.74) is 7.60. The molecule has 45 heavy (non-hydrogen) atoms. The van der Waals surface area contributed by atoms with Crippen molar-refractivity contribution in [2.45, 2.75) is 112 Å². The molecule has 1 N–H and O–H groups in total. The second kappa shape index (κ2) is 12.7. The van der Waals surface area contributed by atoms with E-state index < -0.39 is 0 Å². The number of ether oxygens (including phenoxy) is 1. The monoisotopic (exact) mass is 633 g/mol. The van der Waals surface area contributed by atoms with Crippen molar-refractivity contribution in [1.82, 2.24) is 20.1 Å². The van der Waals surface area contributed by atoms with Gasteiger partial charge in [-0.15, -0.1) is 11.3 Å². The molecular formula is C36H51N5O3S. The zero-order valence-electron chi connectivity index (χ0n) is 29.0. The van der Waals surface area contributed by atoms with Crippen LogP contribution in [0.4, 0.5) is 5.69 Å². The lowest BCUT2D eigenvalue weighted by Gasteiger charge is -2.30. The molecular weight excluding hydrogens is 582 g/mol. The number of likely N-dealkylation sites (N-methyl/N-ethyl adjacent to an activating group) is 1. The molecule has 0 radical (unpaired) electrons. The predicted octanol–water partition coefficient (Wildman–Crippen LogP) is 7.83. The molecule has 2 unspecified atom stereocenters. The van der Waals surface area contributed by atoms with Gasteiger partial charge in [0.15, 0.2) is 6.04 Å². The minimum atomic E-state index is -0.221. The molecule has 1 fully saturated rings. The van der Waals surface area contributed by atoms with E-state index >= 15 is 0 Å². The molecule has 1 aromatic carbocycles. The number of carbonyl (C=O) groups excluding carboxylic acids is 2. The van der Waals surface area contributed by atoms with Gasteiger partial charge in [0.05, 0.1) is 29.5 Å². The molecule has 1 saturated heterocycles. The van der Waals surface area contributed by atoms with Gasteiger partial charge in [0.25, 0.3) is 5.91 Å². The number of fused-ring (bicyclic) bond motifs is 2. The van der Waals surface area contributed by atoms with Crippen LogP contribution in [0.5, 0.6) is 0 Å². The standard InChI is InChI=1S/C16H23N.C11H16N2O2.C9H12N2OS/c1-7-17-12(3)15(16(4,5)6)13-10-11(2)8-9-14(13)17;1-11(2,3)9-4-6-13(12-9)8-5-7-15-10(8)14;1-9(2,3)8-11-5-4-10-7(12)6(5)13-8/h8-10,15H,3,7H2,1-2,4-6H3;4,6,8H,5,7H2,1-3H3;4H2,1-3H3,(H,10,12). The van der Waals surface area contributed by atoms with E-state index in [1.165, 1.54) is 33.8 Å². The SMILES string of the molecule is C=C1C(C(C)(C)C)c2cc(C)ccc2N1CC.CC(C)(C)c1ccn(C2CCOC2=O)n1.CC(C)(C)c1nc2c(s1)C(=O)NC2. The molecule has 8 nitrogen and oxygen atoms in total. The lowest BCUT2D eigenvalue weighted by molar-refractivity contribution is -0.140. The van der Waals surface area contributed by atoms with E-state index in [0.717, 1.165) is 34.2 Å². The Morgan fingerprint density at radius 2 is 1.73 bits per heavy atom. The highest BCUT2D eigenvalue weighted by molar-refractivity contribution is 7.14. The Bertz CT molecular complexity index is 1560. The van der Waals surface area contributed by atoms with Crippen molar-refractivity contribution in [2.24, 2.45) is 5.41 Å². The molecule has 5 heterocycles. The Labute approximate surface area is 273 Å². The topological polar surface area (TPSA) is 89.3 Å². The molecule has 2 aromatic heterocycles. The van der Waals surface area contributed by atoms with E-state index in [1.54, 1.807) is 4.68 Å². The molecule has 3 aliphatic heterocycles. The summed E-state index contributed by atoms with van der Waals surface area (Å²) in [6.45, 7) is 30.3. The number of esters is 1. The minimum absolute atomic E-state index is 0.0216. The Morgan fingerprint density at radius 1 is 1.04 bits per heavy atom. The van der Waals surface area contributed by atoms with Crippen molar-refractivity contribution in [1.29, 1.82) is 0 Å². The number of anilines is 1. The van der Waals surface area contributed by atoms with Crippen molar-refractivity contribution in [3.63, 3.8) is 0 Å². The van der Waals surface area contributed by atoms with Gasteiger partial charge in [0.2, 0.25) is 0 Å². The first-order valence-corrected chi connectivity index (χ1v) is 16.7. The van der Waals surface area contributed by atoms with Crippen molar-refractivity contribution >= 4 is 28.9 Å². The van der Waals surface area contributed by atoms with Gasteiger partial charge in [-0.1, -0.05) is 86.6 Å². The third kappa shape index (κ3) is 7.51. The van der Waals surface area contributed by atoms with Gasteiger partial charge in [0, 0.05) is 47.3 Å². The molecule has 244 valence electrons.